The highest BCUT2D eigenvalue weighted by molar-refractivity contribution is 5.12. The second-order valence-corrected chi connectivity index (χ2v) is 6.58. The highest BCUT2D eigenvalue weighted by atomic mass is 16.3. The molecular weight excluding hydrogens is 236 g/mol. The first kappa shape index (κ1) is 14.6. The van der Waals surface area contributed by atoms with E-state index >= 15 is 0 Å². The smallest absolute Gasteiger partial charge is 0.0703 e. The summed E-state index contributed by atoms with van der Waals surface area (Å²) < 4.78 is 2.03. The molecule has 0 spiro atoms. The maximum atomic E-state index is 10.8. The van der Waals surface area contributed by atoms with Gasteiger partial charge in [0.25, 0.3) is 0 Å². The summed E-state index contributed by atoms with van der Waals surface area (Å²) in [5.41, 5.74) is 1.73. The van der Waals surface area contributed by atoms with Crippen LogP contribution < -0.4 is 0 Å². The van der Waals surface area contributed by atoms with Crippen LogP contribution in [0.15, 0.2) is 6.07 Å². The predicted molar refractivity (Wildman–Crippen MR) is 78.1 cm³/mol. The van der Waals surface area contributed by atoms with Crippen LogP contribution in [0.2, 0.25) is 0 Å². The van der Waals surface area contributed by atoms with Crippen molar-refractivity contribution in [1.82, 2.24) is 9.78 Å². The zero-order valence-corrected chi connectivity index (χ0v) is 12.8. The minimum Gasteiger partial charge on any atom is -0.389 e. The van der Waals surface area contributed by atoms with Gasteiger partial charge in [0, 0.05) is 18.7 Å². The van der Waals surface area contributed by atoms with Crippen LogP contribution in [0.3, 0.4) is 0 Å². The number of aliphatic hydroxyl groups is 1. The van der Waals surface area contributed by atoms with Gasteiger partial charge in [-0.3, -0.25) is 4.68 Å². The molecule has 0 atom stereocenters. The van der Waals surface area contributed by atoms with Crippen LogP contribution in [0.5, 0.6) is 0 Å². The SMILES string of the molecule is CCn1nc(C)cc1CC1(O)CCC(C(C)C)CC1. The Morgan fingerprint density at radius 3 is 2.58 bits per heavy atom. The maximum Gasteiger partial charge on any atom is 0.0703 e. The largest absolute Gasteiger partial charge is 0.389 e. The second-order valence-electron chi connectivity index (χ2n) is 6.58. The van der Waals surface area contributed by atoms with Gasteiger partial charge in [0.2, 0.25) is 0 Å². The lowest BCUT2D eigenvalue weighted by Crippen LogP contribution is -2.37. The van der Waals surface area contributed by atoms with E-state index in [2.05, 4.69) is 31.9 Å². The molecule has 1 aromatic rings. The Morgan fingerprint density at radius 2 is 2.05 bits per heavy atom. The van der Waals surface area contributed by atoms with Gasteiger partial charge < -0.3 is 5.11 Å². The van der Waals surface area contributed by atoms with Crippen molar-refractivity contribution in [2.24, 2.45) is 11.8 Å². The molecule has 0 amide bonds. The summed E-state index contributed by atoms with van der Waals surface area (Å²) in [5, 5.41) is 15.3. The molecule has 1 aliphatic carbocycles. The summed E-state index contributed by atoms with van der Waals surface area (Å²) in [5.74, 6) is 1.53. The summed E-state index contributed by atoms with van der Waals surface area (Å²) in [6, 6.07) is 2.12. The Morgan fingerprint density at radius 1 is 1.42 bits per heavy atom. The van der Waals surface area contributed by atoms with Crippen LogP contribution in [0, 0.1) is 18.8 Å². The van der Waals surface area contributed by atoms with Gasteiger partial charge >= 0.3 is 0 Å². The van der Waals surface area contributed by atoms with Crippen molar-refractivity contribution < 1.29 is 5.11 Å². The molecule has 1 aliphatic rings. The van der Waals surface area contributed by atoms with Crippen molar-refractivity contribution >= 4 is 0 Å². The van der Waals surface area contributed by atoms with E-state index in [1.54, 1.807) is 0 Å². The topological polar surface area (TPSA) is 38.0 Å². The molecule has 1 saturated carbocycles. The van der Waals surface area contributed by atoms with Crippen molar-refractivity contribution in [1.29, 1.82) is 0 Å². The average Bonchev–Trinajstić information content (AvgIpc) is 2.69. The summed E-state index contributed by atoms with van der Waals surface area (Å²) in [6.07, 6.45) is 4.95. The monoisotopic (exact) mass is 264 g/mol. The molecule has 0 bridgehead atoms. The fourth-order valence-corrected chi connectivity index (χ4v) is 3.37. The first-order valence-electron chi connectivity index (χ1n) is 7.69. The molecule has 2 rings (SSSR count). The first-order valence-corrected chi connectivity index (χ1v) is 7.69. The molecule has 1 aromatic heterocycles. The van der Waals surface area contributed by atoms with Crippen molar-refractivity contribution in [3.8, 4) is 0 Å². The van der Waals surface area contributed by atoms with Crippen molar-refractivity contribution in [2.45, 2.75) is 71.9 Å². The summed E-state index contributed by atoms with van der Waals surface area (Å²) in [4.78, 5) is 0. The second kappa shape index (κ2) is 5.66. The van der Waals surface area contributed by atoms with Gasteiger partial charge in [-0.1, -0.05) is 13.8 Å². The highest BCUT2D eigenvalue weighted by Gasteiger charge is 2.35. The van der Waals surface area contributed by atoms with E-state index in [1.807, 2.05) is 11.6 Å². The maximum absolute atomic E-state index is 10.8. The molecule has 1 heterocycles. The zero-order valence-electron chi connectivity index (χ0n) is 12.8. The quantitative estimate of drug-likeness (QED) is 0.906. The third-order valence-corrected chi connectivity index (χ3v) is 4.70. The Labute approximate surface area is 117 Å². The van der Waals surface area contributed by atoms with Gasteiger partial charge in [-0.15, -0.1) is 0 Å². The lowest BCUT2D eigenvalue weighted by Gasteiger charge is -2.37. The molecule has 3 nitrogen and oxygen atoms in total. The minimum absolute atomic E-state index is 0.509. The molecule has 0 saturated heterocycles. The Bertz CT molecular complexity index is 414. The van der Waals surface area contributed by atoms with Crippen LogP contribution >= 0.6 is 0 Å². The number of aromatic nitrogens is 2. The Hall–Kier alpha value is -0.830. The van der Waals surface area contributed by atoms with Crippen LogP contribution in [0.4, 0.5) is 0 Å². The van der Waals surface area contributed by atoms with Crippen LogP contribution in [-0.2, 0) is 13.0 Å². The van der Waals surface area contributed by atoms with Gasteiger partial charge in [0.15, 0.2) is 0 Å². The third kappa shape index (κ3) is 3.38. The molecule has 0 aliphatic heterocycles. The summed E-state index contributed by atoms with van der Waals surface area (Å²) in [6.45, 7) is 9.61. The van der Waals surface area contributed by atoms with Gasteiger partial charge in [-0.25, -0.2) is 0 Å². The Balaban J connectivity index is 2.02. The lowest BCUT2D eigenvalue weighted by atomic mass is 9.73. The van der Waals surface area contributed by atoms with Crippen molar-refractivity contribution in [2.75, 3.05) is 0 Å². The van der Waals surface area contributed by atoms with Crippen molar-refractivity contribution in [3.05, 3.63) is 17.5 Å². The standard InChI is InChI=1S/C16H28N2O/c1-5-18-15(10-13(4)17-18)11-16(19)8-6-14(7-9-16)12(2)3/h10,12,14,19H,5-9,11H2,1-4H3. The molecule has 3 heteroatoms. The summed E-state index contributed by atoms with van der Waals surface area (Å²) in [7, 11) is 0. The van der Waals surface area contributed by atoms with E-state index in [1.165, 1.54) is 5.69 Å². The zero-order chi connectivity index (χ0) is 14.0. The predicted octanol–water partition coefficient (Wildman–Crippen LogP) is 3.33. The average molecular weight is 264 g/mol. The fourth-order valence-electron chi connectivity index (χ4n) is 3.37. The minimum atomic E-state index is -0.509. The van der Waals surface area contributed by atoms with E-state index < -0.39 is 5.60 Å². The Kier molecular flexibility index (Phi) is 4.34. The third-order valence-electron chi connectivity index (χ3n) is 4.70. The normalized spacial score (nSPS) is 28.0. The molecule has 0 unspecified atom stereocenters. The van der Waals surface area contributed by atoms with Gasteiger partial charge in [0.1, 0.15) is 0 Å². The molecule has 0 aromatic carbocycles. The van der Waals surface area contributed by atoms with Crippen molar-refractivity contribution in [3.63, 3.8) is 0 Å². The van der Waals surface area contributed by atoms with E-state index in [4.69, 9.17) is 0 Å². The number of aryl methyl sites for hydroxylation is 2. The van der Waals surface area contributed by atoms with Crippen LogP contribution in [0.25, 0.3) is 0 Å². The first-order chi connectivity index (χ1) is 8.93. The van der Waals surface area contributed by atoms with E-state index in [0.717, 1.165) is 56.2 Å². The van der Waals surface area contributed by atoms with Gasteiger partial charge in [0.05, 0.1) is 11.3 Å². The molecule has 19 heavy (non-hydrogen) atoms. The number of rotatable bonds is 4. The highest BCUT2D eigenvalue weighted by Crippen LogP contribution is 2.37. The van der Waals surface area contributed by atoms with E-state index in [-0.39, 0.29) is 0 Å². The fraction of sp³-hybridized carbons (Fsp3) is 0.812. The number of nitrogens with zero attached hydrogens (tertiary/aromatic N) is 2. The van der Waals surface area contributed by atoms with E-state index in [0.29, 0.717) is 0 Å². The molecule has 108 valence electrons. The number of hydrogen-bond donors (Lipinski definition) is 1. The molecule has 0 radical (unpaired) electrons. The van der Waals surface area contributed by atoms with Gasteiger partial charge in [-0.2, -0.15) is 5.10 Å². The molecular formula is C16H28N2O. The van der Waals surface area contributed by atoms with Gasteiger partial charge in [-0.05, 0) is 57.4 Å². The summed E-state index contributed by atoms with van der Waals surface area (Å²) >= 11 is 0. The lowest BCUT2D eigenvalue weighted by molar-refractivity contribution is -0.0161. The molecule has 1 N–H and O–H groups in total. The van der Waals surface area contributed by atoms with Crippen LogP contribution in [0.1, 0.15) is 57.8 Å². The number of hydrogen-bond acceptors (Lipinski definition) is 2. The van der Waals surface area contributed by atoms with Crippen LogP contribution in [-0.4, -0.2) is 20.5 Å². The van der Waals surface area contributed by atoms with E-state index in [9.17, 15) is 5.11 Å². The molecule has 1 fully saturated rings.